The van der Waals surface area contributed by atoms with Crippen LogP contribution in [0.2, 0.25) is 5.02 Å². The maximum atomic E-state index is 12.2. The van der Waals surface area contributed by atoms with Gasteiger partial charge in [-0.1, -0.05) is 11.6 Å². The van der Waals surface area contributed by atoms with Crippen LogP contribution in [0.15, 0.2) is 34.2 Å². The first-order valence-electron chi connectivity index (χ1n) is 4.71. The second-order valence-corrected chi connectivity index (χ2v) is 6.24. The Labute approximate surface area is 117 Å². The standard InChI is InChI=1S/C9H8BrClN4O2S/c1-15-9(7(11)5-13-15)18(16,17)14-8-2-3-12-4-6(8)10/h2-5H,1H3,(H,12,14). The molecule has 9 heteroatoms. The van der Waals surface area contributed by atoms with Crippen molar-refractivity contribution >= 4 is 43.2 Å². The molecule has 0 unspecified atom stereocenters. The van der Waals surface area contributed by atoms with Gasteiger partial charge in [-0.25, -0.2) is 0 Å². The highest BCUT2D eigenvalue weighted by molar-refractivity contribution is 9.10. The molecule has 2 heterocycles. The average Bonchev–Trinajstić information content (AvgIpc) is 2.62. The number of pyridine rings is 1. The predicted octanol–water partition coefficient (Wildman–Crippen LogP) is 2.03. The summed E-state index contributed by atoms with van der Waals surface area (Å²) in [6, 6.07) is 1.53. The van der Waals surface area contributed by atoms with Gasteiger partial charge in [0.2, 0.25) is 0 Å². The van der Waals surface area contributed by atoms with Gasteiger partial charge in [-0.2, -0.15) is 13.5 Å². The van der Waals surface area contributed by atoms with E-state index in [0.717, 1.165) is 0 Å². The van der Waals surface area contributed by atoms with Crippen molar-refractivity contribution in [1.82, 2.24) is 14.8 Å². The third-order valence-electron chi connectivity index (χ3n) is 2.11. The van der Waals surface area contributed by atoms with Gasteiger partial charge in [0.15, 0.2) is 5.03 Å². The Morgan fingerprint density at radius 3 is 2.72 bits per heavy atom. The van der Waals surface area contributed by atoms with Crippen LogP contribution in [-0.2, 0) is 17.1 Å². The number of nitrogens with zero attached hydrogens (tertiary/aromatic N) is 3. The summed E-state index contributed by atoms with van der Waals surface area (Å²) in [5.74, 6) is 0. The summed E-state index contributed by atoms with van der Waals surface area (Å²) in [5.41, 5.74) is 0.377. The van der Waals surface area contributed by atoms with Gasteiger partial charge in [0.25, 0.3) is 10.0 Å². The molecule has 0 amide bonds. The van der Waals surface area contributed by atoms with Gasteiger partial charge in [-0.3, -0.25) is 14.4 Å². The third kappa shape index (κ3) is 2.50. The van der Waals surface area contributed by atoms with E-state index in [4.69, 9.17) is 11.6 Å². The van der Waals surface area contributed by atoms with E-state index < -0.39 is 10.0 Å². The molecule has 2 rings (SSSR count). The number of rotatable bonds is 3. The quantitative estimate of drug-likeness (QED) is 0.918. The summed E-state index contributed by atoms with van der Waals surface area (Å²) in [4.78, 5) is 3.85. The highest BCUT2D eigenvalue weighted by Crippen LogP contribution is 2.26. The molecule has 0 fully saturated rings. The van der Waals surface area contributed by atoms with E-state index in [-0.39, 0.29) is 10.0 Å². The van der Waals surface area contributed by atoms with Crippen molar-refractivity contribution in [2.75, 3.05) is 4.72 Å². The number of hydrogen-bond acceptors (Lipinski definition) is 4. The van der Waals surface area contributed by atoms with Crippen LogP contribution in [-0.4, -0.2) is 23.2 Å². The largest absolute Gasteiger partial charge is 0.280 e. The molecule has 1 N–H and O–H groups in total. The van der Waals surface area contributed by atoms with E-state index >= 15 is 0 Å². The first-order chi connectivity index (χ1) is 8.42. The molecule has 2 aromatic rings. The van der Waals surface area contributed by atoms with Crippen molar-refractivity contribution in [3.63, 3.8) is 0 Å². The summed E-state index contributed by atoms with van der Waals surface area (Å²) in [5, 5.41) is 3.76. The van der Waals surface area contributed by atoms with Crippen LogP contribution in [0.25, 0.3) is 0 Å². The van der Waals surface area contributed by atoms with Gasteiger partial charge < -0.3 is 0 Å². The van der Waals surface area contributed by atoms with Crippen LogP contribution in [0.4, 0.5) is 5.69 Å². The van der Waals surface area contributed by atoms with Crippen LogP contribution >= 0.6 is 27.5 Å². The summed E-state index contributed by atoms with van der Waals surface area (Å²) >= 11 is 9.01. The maximum absolute atomic E-state index is 12.2. The fraction of sp³-hybridized carbons (Fsp3) is 0.111. The summed E-state index contributed by atoms with van der Waals surface area (Å²) in [6.45, 7) is 0. The molecule has 0 aliphatic rings. The van der Waals surface area contributed by atoms with Gasteiger partial charge in [0.05, 0.1) is 21.4 Å². The van der Waals surface area contributed by atoms with Gasteiger partial charge in [0.1, 0.15) is 0 Å². The lowest BCUT2D eigenvalue weighted by Gasteiger charge is -2.09. The zero-order chi connectivity index (χ0) is 13.3. The molecule has 0 atom stereocenters. The fourth-order valence-electron chi connectivity index (χ4n) is 1.35. The molecule has 0 radical (unpaired) electrons. The minimum Gasteiger partial charge on any atom is -0.277 e. The van der Waals surface area contributed by atoms with Crippen molar-refractivity contribution in [1.29, 1.82) is 0 Å². The molecule has 0 saturated heterocycles. The van der Waals surface area contributed by atoms with Crippen LogP contribution in [0.5, 0.6) is 0 Å². The summed E-state index contributed by atoms with van der Waals surface area (Å²) in [6.07, 6.45) is 4.24. The Bertz CT molecular complexity index is 666. The molecule has 0 aromatic carbocycles. The van der Waals surface area contributed by atoms with Crippen LogP contribution in [0.3, 0.4) is 0 Å². The molecule has 96 valence electrons. The van der Waals surface area contributed by atoms with Crippen molar-refractivity contribution in [2.45, 2.75) is 5.03 Å². The van der Waals surface area contributed by atoms with Crippen molar-refractivity contribution in [3.8, 4) is 0 Å². The zero-order valence-electron chi connectivity index (χ0n) is 9.13. The van der Waals surface area contributed by atoms with Gasteiger partial charge in [-0.05, 0) is 22.0 Å². The summed E-state index contributed by atoms with van der Waals surface area (Å²) in [7, 11) is -2.29. The normalized spacial score (nSPS) is 11.5. The predicted molar refractivity (Wildman–Crippen MR) is 71.0 cm³/mol. The highest BCUT2D eigenvalue weighted by atomic mass is 79.9. The van der Waals surface area contributed by atoms with E-state index in [1.165, 1.54) is 36.4 Å². The van der Waals surface area contributed by atoms with Crippen LogP contribution in [0, 0.1) is 0 Å². The maximum Gasteiger partial charge on any atom is 0.280 e. The molecule has 0 aliphatic carbocycles. The molecular formula is C9H8BrClN4O2S. The molecular weight excluding hydrogens is 344 g/mol. The number of hydrogen-bond donors (Lipinski definition) is 1. The van der Waals surface area contributed by atoms with Crippen LogP contribution < -0.4 is 4.72 Å². The Balaban J connectivity index is 2.43. The number of aryl methyl sites for hydroxylation is 1. The lowest BCUT2D eigenvalue weighted by atomic mass is 10.4. The number of halogens is 2. The van der Waals surface area contributed by atoms with E-state index in [9.17, 15) is 8.42 Å². The van der Waals surface area contributed by atoms with E-state index in [1.807, 2.05) is 0 Å². The average molecular weight is 352 g/mol. The number of anilines is 1. The van der Waals surface area contributed by atoms with E-state index in [2.05, 4.69) is 30.7 Å². The molecule has 0 spiro atoms. The fourth-order valence-corrected chi connectivity index (χ4v) is 3.57. The highest BCUT2D eigenvalue weighted by Gasteiger charge is 2.23. The van der Waals surface area contributed by atoms with Crippen LogP contribution in [0.1, 0.15) is 0 Å². The number of sulfonamides is 1. The smallest absolute Gasteiger partial charge is 0.277 e. The first kappa shape index (κ1) is 13.3. The van der Waals surface area contributed by atoms with E-state index in [1.54, 1.807) is 0 Å². The van der Waals surface area contributed by atoms with Crippen molar-refractivity contribution < 1.29 is 8.42 Å². The van der Waals surface area contributed by atoms with Gasteiger partial charge in [-0.15, -0.1) is 0 Å². The zero-order valence-corrected chi connectivity index (χ0v) is 12.3. The number of aromatic nitrogens is 3. The lowest BCUT2D eigenvalue weighted by Crippen LogP contribution is -2.17. The monoisotopic (exact) mass is 350 g/mol. The minimum absolute atomic E-state index is 0.0650. The Morgan fingerprint density at radius 1 is 1.44 bits per heavy atom. The number of nitrogens with one attached hydrogen (secondary N) is 1. The molecule has 0 saturated carbocycles. The Morgan fingerprint density at radius 2 is 2.17 bits per heavy atom. The molecule has 0 bridgehead atoms. The summed E-state index contributed by atoms with van der Waals surface area (Å²) < 4.78 is 28.5. The van der Waals surface area contributed by atoms with Gasteiger partial charge >= 0.3 is 0 Å². The minimum atomic E-state index is -3.79. The lowest BCUT2D eigenvalue weighted by molar-refractivity contribution is 0.582. The Hall–Kier alpha value is -1.12. The molecule has 2 aromatic heterocycles. The van der Waals surface area contributed by atoms with Crippen molar-refractivity contribution in [2.24, 2.45) is 7.05 Å². The SMILES string of the molecule is Cn1ncc(Cl)c1S(=O)(=O)Nc1ccncc1Br. The molecule has 6 nitrogen and oxygen atoms in total. The molecule has 18 heavy (non-hydrogen) atoms. The first-order valence-corrected chi connectivity index (χ1v) is 7.37. The topological polar surface area (TPSA) is 76.9 Å². The second-order valence-electron chi connectivity index (χ2n) is 3.38. The van der Waals surface area contributed by atoms with Crippen molar-refractivity contribution in [3.05, 3.63) is 34.2 Å². The van der Waals surface area contributed by atoms with Gasteiger partial charge in [0, 0.05) is 19.4 Å². The second kappa shape index (κ2) is 4.87. The Kier molecular flexibility index (Phi) is 3.60. The van der Waals surface area contributed by atoms with E-state index in [0.29, 0.717) is 10.2 Å². The molecule has 0 aliphatic heterocycles. The third-order valence-corrected chi connectivity index (χ3v) is 4.62.